The Morgan fingerprint density at radius 1 is 1.14 bits per heavy atom. The van der Waals surface area contributed by atoms with Gasteiger partial charge < -0.3 is 15.1 Å². The van der Waals surface area contributed by atoms with E-state index in [0.29, 0.717) is 16.4 Å². The molecule has 1 fully saturated rings. The summed E-state index contributed by atoms with van der Waals surface area (Å²) in [5.41, 5.74) is 2.47. The molecule has 2 aromatic carbocycles. The molecule has 0 radical (unpaired) electrons. The Labute approximate surface area is 171 Å². The minimum Gasteiger partial charge on any atom is -0.372 e. The van der Waals surface area contributed by atoms with Crippen molar-refractivity contribution >= 4 is 40.5 Å². The quantitative estimate of drug-likeness (QED) is 0.801. The molecule has 0 bridgehead atoms. The summed E-state index contributed by atoms with van der Waals surface area (Å²) < 4.78 is 0. The molecule has 1 aliphatic rings. The Bertz CT molecular complexity index is 830. The highest BCUT2D eigenvalue weighted by Crippen LogP contribution is 2.25. The monoisotopic (exact) mass is 399 g/mol. The SMILES string of the molecule is CC(=O)N(CC(=O)Nc1cccc(Cl)c1)c1ccc(N2CCC(C)CC2)cc1. The molecule has 28 heavy (non-hydrogen) atoms. The van der Waals surface area contributed by atoms with Gasteiger partial charge in [0, 0.05) is 42.1 Å². The topological polar surface area (TPSA) is 52.7 Å². The number of anilines is 3. The average Bonchev–Trinajstić information content (AvgIpc) is 2.67. The van der Waals surface area contributed by atoms with Crippen LogP contribution in [0.15, 0.2) is 48.5 Å². The summed E-state index contributed by atoms with van der Waals surface area (Å²) in [7, 11) is 0. The maximum atomic E-state index is 12.4. The van der Waals surface area contributed by atoms with Crippen LogP contribution in [0.25, 0.3) is 0 Å². The van der Waals surface area contributed by atoms with Crippen LogP contribution in [-0.4, -0.2) is 31.4 Å². The molecule has 0 aromatic heterocycles. The molecule has 1 N–H and O–H groups in total. The Balaban J connectivity index is 1.66. The van der Waals surface area contributed by atoms with Crippen LogP contribution in [-0.2, 0) is 9.59 Å². The first-order chi connectivity index (χ1) is 13.4. The third-order valence-corrected chi connectivity index (χ3v) is 5.34. The number of amides is 2. The number of piperidine rings is 1. The van der Waals surface area contributed by atoms with E-state index in [1.54, 1.807) is 24.3 Å². The molecule has 148 valence electrons. The largest absolute Gasteiger partial charge is 0.372 e. The lowest BCUT2D eigenvalue weighted by Gasteiger charge is -2.32. The highest BCUT2D eigenvalue weighted by Gasteiger charge is 2.18. The number of hydrogen-bond donors (Lipinski definition) is 1. The number of nitrogens with one attached hydrogen (secondary N) is 1. The van der Waals surface area contributed by atoms with Gasteiger partial charge in [0.1, 0.15) is 6.54 Å². The molecule has 6 heteroatoms. The Kier molecular flexibility index (Phi) is 6.57. The third-order valence-electron chi connectivity index (χ3n) is 5.10. The molecule has 0 aliphatic carbocycles. The molecule has 2 aromatic rings. The van der Waals surface area contributed by atoms with E-state index in [4.69, 9.17) is 11.6 Å². The van der Waals surface area contributed by atoms with E-state index in [-0.39, 0.29) is 18.4 Å². The van der Waals surface area contributed by atoms with E-state index in [1.165, 1.54) is 24.7 Å². The van der Waals surface area contributed by atoms with Crippen molar-refractivity contribution in [3.63, 3.8) is 0 Å². The van der Waals surface area contributed by atoms with E-state index in [1.807, 2.05) is 24.3 Å². The van der Waals surface area contributed by atoms with Crippen molar-refractivity contribution in [2.45, 2.75) is 26.7 Å². The van der Waals surface area contributed by atoms with Gasteiger partial charge in [0.15, 0.2) is 0 Å². The average molecular weight is 400 g/mol. The first-order valence-electron chi connectivity index (χ1n) is 9.61. The van der Waals surface area contributed by atoms with Crippen LogP contribution < -0.4 is 15.1 Å². The third kappa shape index (κ3) is 5.26. The first-order valence-corrected chi connectivity index (χ1v) is 9.98. The van der Waals surface area contributed by atoms with Gasteiger partial charge in [-0.1, -0.05) is 24.6 Å². The molecule has 0 spiro atoms. The van der Waals surface area contributed by atoms with Gasteiger partial charge in [-0.2, -0.15) is 0 Å². The number of hydrogen-bond acceptors (Lipinski definition) is 3. The molecular weight excluding hydrogens is 374 g/mol. The lowest BCUT2D eigenvalue weighted by atomic mass is 9.99. The van der Waals surface area contributed by atoms with Crippen molar-refractivity contribution in [2.75, 3.05) is 34.8 Å². The highest BCUT2D eigenvalue weighted by molar-refractivity contribution is 6.30. The van der Waals surface area contributed by atoms with Crippen LogP contribution in [0.2, 0.25) is 5.02 Å². The summed E-state index contributed by atoms with van der Waals surface area (Å²) >= 11 is 5.95. The van der Waals surface area contributed by atoms with E-state index >= 15 is 0 Å². The number of carbonyl (C=O) groups is 2. The summed E-state index contributed by atoms with van der Waals surface area (Å²) in [4.78, 5) is 28.4. The smallest absolute Gasteiger partial charge is 0.244 e. The summed E-state index contributed by atoms with van der Waals surface area (Å²) in [5, 5.41) is 3.32. The predicted molar refractivity (Wildman–Crippen MR) is 115 cm³/mol. The van der Waals surface area contributed by atoms with Crippen LogP contribution in [0.3, 0.4) is 0 Å². The van der Waals surface area contributed by atoms with Crippen molar-refractivity contribution in [2.24, 2.45) is 5.92 Å². The van der Waals surface area contributed by atoms with Gasteiger partial charge >= 0.3 is 0 Å². The Morgan fingerprint density at radius 3 is 2.43 bits per heavy atom. The molecule has 1 saturated heterocycles. The van der Waals surface area contributed by atoms with E-state index < -0.39 is 0 Å². The molecule has 0 unspecified atom stereocenters. The molecule has 0 atom stereocenters. The minimum atomic E-state index is -0.272. The lowest BCUT2D eigenvalue weighted by molar-refractivity contribution is -0.120. The fourth-order valence-corrected chi connectivity index (χ4v) is 3.60. The summed E-state index contributed by atoms with van der Waals surface area (Å²) in [6, 6.07) is 14.8. The molecule has 1 aliphatic heterocycles. The molecule has 1 heterocycles. The van der Waals surface area contributed by atoms with Crippen LogP contribution >= 0.6 is 11.6 Å². The Hall–Kier alpha value is -2.53. The second kappa shape index (κ2) is 9.11. The predicted octanol–water partition coefficient (Wildman–Crippen LogP) is 4.57. The van der Waals surface area contributed by atoms with Gasteiger partial charge in [0.25, 0.3) is 0 Å². The van der Waals surface area contributed by atoms with Gasteiger partial charge in [0.2, 0.25) is 11.8 Å². The zero-order valence-electron chi connectivity index (χ0n) is 16.3. The number of nitrogens with zero attached hydrogens (tertiary/aromatic N) is 2. The van der Waals surface area contributed by atoms with Crippen molar-refractivity contribution in [3.05, 3.63) is 53.6 Å². The second-order valence-electron chi connectivity index (χ2n) is 7.35. The van der Waals surface area contributed by atoms with Crippen molar-refractivity contribution in [1.29, 1.82) is 0 Å². The van der Waals surface area contributed by atoms with Crippen LogP contribution in [0.5, 0.6) is 0 Å². The molecule has 2 amide bonds. The van der Waals surface area contributed by atoms with Crippen LogP contribution in [0.1, 0.15) is 26.7 Å². The number of carbonyl (C=O) groups excluding carboxylic acids is 2. The highest BCUT2D eigenvalue weighted by atomic mass is 35.5. The van der Waals surface area contributed by atoms with Gasteiger partial charge in [-0.3, -0.25) is 9.59 Å². The van der Waals surface area contributed by atoms with Gasteiger partial charge in [-0.25, -0.2) is 0 Å². The number of halogens is 1. The molecule has 5 nitrogen and oxygen atoms in total. The zero-order chi connectivity index (χ0) is 20.1. The summed E-state index contributed by atoms with van der Waals surface area (Å²) in [6.07, 6.45) is 2.40. The van der Waals surface area contributed by atoms with Crippen molar-refractivity contribution < 1.29 is 9.59 Å². The standard InChI is InChI=1S/C22H26ClN3O2/c1-16-10-12-25(13-11-16)20-6-8-21(9-7-20)26(17(2)27)15-22(28)24-19-5-3-4-18(23)14-19/h3-9,14,16H,10-13,15H2,1-2H3,(H,24,28). The van der Waals surface area contributed by atoms with Gasteiger partial charge in [0.05, 0.1) is 0 Å². The lowest BCUT2D eigenvalue weighted by Crippen LogP contribution is -2.36. The molecule has 3 rings (SSSR count). The zero-order valence-corrected chi connectivity index (χ0v) is 17.1. The van der Waals surface area contributed by atoms with E-state index in [9.17, 15) is 9.59 Å². The molecule has 0 saturated carbocycles. The van der Waals surface area contributed by atoms with Crippen LogP contribution in [0.4, 0.5) is 17.1 Å². The maximum Gasteiger partial charge on any atom is 0.244 e. The second-order valence-corrected chi connectivity index (χ2v) is 7.79. The summed E-state index contributed by atoms with van der Waals surface area (Å²) in [5.74, 6) is 0.328. The maximum absolute atomic E-state index is 12.4. The number of rotatable bonds is 5. The van der Waals surface area contributed by atoms with Gasteiger partial charge in [-0.15, -0.1) is 0 Å². The fraction of sp³-hybridized carbons (Fsp3) is 0.364. The van der Waals surface area contributed by atoms with Crippen LogP contribution in [0, 0.1) is 5.92 Å². The Morgan fingerprint density at radius 2 is 1.82 bits per heavy atom. The molecular formula is C22H26ClN3O2. The van der Waals surface area contributed by atoms with Crippen molar-refractivity contribution in [3.8, 4) is 0 Å². The van der Waals surface area contributed by atoms with Gasteiger partial charge in [-0.05, 0) is 61.2 Å². The van der Waals surface area contributed by atoms with E-state index in [0.717, 1.165) is 24.7 Å². The van der Waals surface area contributed by atoms with E-state index in [2.05, 4.69) is 17.1 Å². The normalized spacial score (nSPS) is 14.6. The van der Waals surface area contributed by atoms with Crippen molar-refractivity contribution in [1.82, 2.24) is 0 Å². The fourth-order valence-electron chi connectivity index (χ4n) is 3.40. The minimum absolute atomic E-state index is 0.0532. The summed E-state index contributed by atoms with van der Waals surface area (Å²) in [6.45, 7) is 5.81. The number of benzene rings is 2. The first kappa shape index (κ1) is 20.2.